The lowest BCUT2D eigenvalue weighted by molar-refractivity contribution is -0.181. The van der Waals surface area contributed by atoms with E-state index in [1.165, 1.54) is 0 Å². The molecule has 148 valence electrons. The van der Waals surface area contributed by atoms with Crippen LogP contribution in [-0.2, 0) is 32.1 Å². The third-order valence-corrected chi connectivity index (χ3v) is 5.62. The van der Waals surface area contributed by atoms with Gasteiger partial charge in [-0.05, 0) is 6.42 Å². The van der Waals surface area contributed by atoms with E-state index in [9.17, 15) is 9.59 Å². The summed E-state index contributed by atoms with van der Waals surface area (Å²) < 4.78 is 8.08. The highest BCUT2D eigenvalue weighted by molar-refractivity contribution is 5.84. The van der Waals surface area contributed by atoms with Gasteiger partial charge in [-0.15, -0.1) is 0 Å². The van der Waals surface area contributed by atoms with Gasteiger partial charge >= 0.3 is 0 Å². The molecule has 0 aromatic carbocycles. The predicted octanol–water partition coefficient (Wildman–Crippen LogP) is 0.486. The fourth-order valence-electron chi connectivity index (χ4n) is 4.47. The maximum absolute atomic E-state index is 12.8. The van der Waals surface area contributed by atoms with Crippen molar-refractivity contribution in [3.63, 3.8) is 0 Å². The first kappa shape index (κ1) is 19.3. The van der Waals surface area contributed by atoms with Gasteiger partial charge in [0.1, 0.15) is 5.82 Å². The molecule has 9 heteroatoms. The van der Waals surface area contributed by atoms with Crippen molar-refractivity contribution in [1.82, 2.24) is 19.4 Å². The van der Waals surface area contributed by atoms with Gasteiger partial charge in [-0.1, -0.05) is 6.92 Å². The number of amides is 2. The van der Waals surface area contributed by atoms with Crippen LogP contribution in [0.1, 0.15) is 38.4 Å². The number of likely N-dealkylation sites (tertiary alicyclic amines) is 1. The Kier molecular flexibility index (Phi) is 5.79. The summed E-state index contributed by atoms with van der Waals surface area (Å²) in [4.78, 5) is 41.5. The monoisotopic (exact) mass is 378 g/mol. The van der Waals surface area contributed by atoms with Crippen molar-refractivity contribution in [2.75, 3.05) is 19.7 Å². The van der Waals surface area contributed by atoms with Crippen molar-refractivity contribution in [3.05, 3.63) is 18.2 Å². The number of rotatable bonds is 4. The van der Waals surface area contributed by atoms with Crippen LogP contribution in [0.25, 0.3) is 0 Å². The van der Waals surface area contributed by atoms with Crippen molar-refractivity contribution in [2.24, 2.45) is 0 Å². The van der Waals surface area contributed by atoms with E-state index in [-0.39, 0.29) is 24.3 Å². The smallest absolute Gasteiger partial charge is 0.290 e. The molecule has 0 bridgehead atoms. The molecular formula is C18H26N4O5. The number of hydrogen-bond acceptors (Lipinski definition) is 5. The van der Waals surface area contributed by atoms with E-state index in [4.69, 9.17) is 14.6 Å². The number of carbonyl (C=O) groups excluding carboxylic acids is 2. The average Bonchev–Trinajstić information content (AvgIpc) is 3.32. The third kappa shape index (κ3) is 3.43. The minimum absolute atomic E-state index is 0.108. The van der Waals surface area contributed by atoms with Gasteiger partial charge in [0.05, 0.1) is 19.1 Å². The van der Waals surface area contributed by atoms with Crippen LogP contribution in [0, 0.1) is 0 Å². The molecule has 2 amide bonds. The Bertz CT molecular complexity index is 706. The predicted molar refractivity (Wildman–Crippen MR) is 94.7 cm³/mol. The fraction of sp³-hybridized carbons (Fsp3) is 0.667. The molecule has 3 saturated heterocycles. The van der Waals surface area contributed by atoms with Crippen LogP contribution in [0.3, 0.4) is 0 Å². The zero-order valence-corrected chi connectivity index (χ0v) is 15.5. The minimum atomic E-state index is -0.547. The van der Waals surface area contributed by atoms with Crippen molar-refractivity contribution in [2.45, 2.75) is 57.3 Å². The number of nitrogens with zero attached hydrogens (tertiary/aromatic N) is 4. The Morgan fingerprint density at radius 2 is 2.26 bits per heavy atom. The molecule has 1 aromatic heterocycles. The number of aryl methyl sites for hydroxylation is 2. The van der Waals surface area contributed by atoms with E-state index in [0.717, 1.165) is 31.6 Å². The van der Waals surface area contributed by atoms with Crippen molar-refractivity contribution in [3.8, 4) is 0 Å². The van der Waals surface area contributed by atoms with E-state index in [1.54, 1.807) is 6.20 Å². The lowest BCUT2D eigenvalue weighted by atomic mass is 10.0. The van der Waals surface area contributed by atoms with E-state index >= 15 is 0 Å². The van der Waals surface area contributed by atoms with Gasteiger partial charge in [-0.2, -0.15) is 0 Å². The fourth-order valence-corrected chi connectivity index (χ4v) is 4.47. The topological polar surface area (TPSA) is 105 Å². The Morgan fingerprint density at radius 3 is 3.00 bits per heavy atom. The normalized spacial score (nSPS) is 26.3. The van der Waals surface area contributed by atoms with Crippen LogP contribution in [0.15, 0.2) is 12.4 Å². The maximum atomic E-state index is 12.8. The second kappa shape index (κ2) is 8.08. The molecule has 2 atom stereocenters. The number of imidazole rings is 1. The lowest BCUT2D eigenvalue weighted by Gasteiger charge is -2.42. The number of carboxylic acid groups (broad SMARTS) is 1. The first-order valence-electron chi connectivity index (χ1n) is 9.39. The quantitative estimate of drug-likeness (QED) is 0.765. The van der Waals surface area contributed by atoms with Crippen LogP contribution in [-0.4, -0.2) is 74.2 Å². The van der Waals surface area contributed by atoms with Crippen LogP contribution in [0.4, 0.5) is 0 Å². The first-order chi connectivity index (χ1) is 13.1. The van der Waals surface area contributed by atoms with Gasteiger partial charge in [0.15, 0.2) is 5.72 Å². The summed E-state index contributed by atoms with van der Waals surface area (Å²) >= 11 is 0. The average molecular weight is 378 g/mol. The molecule has 3 aliphatic heterocycles. The number of hydrogen-bond donors (Lipinski definition) is 1. The second-order valence-electron chi connectivity index (χ2n) is 6.90. The zero-order chi connectivity index (χ0) is 19.4. The summed E-state index contributed by atoms with van der Waals surface area (Å²) in [6.45, 7) is 4.56. The Labute approximate surface area is 157 Å². The van der Waals surface area contributed by atoms with Crippen LogP contribution < -0.4 is 0 Å². The summed E-state index contributed by atoms with van der Waals surface area (Å²) in [7, 11) is 0. The summed E-state index contributed by atoms with van der Waals surface area (Å²) in [5, 5.41) is 6.89. The van der Waals surface area contributed by atoms with Crippen LogP contribution >= 0.6 is 0 Å². The molecule has 27 heavy (non-hydrogen) atoms. The lowest BCUT2D eigenvalue weighted by Crippen LogP contribution is -2.56. The largest absolute Gasteiger partial charge is 0.483 e. The first-order valence-corrected chi connectivity index (χ1v) is 9.39. The van der Waals surface area contributed by atoms with Gasteiger partial charge in [-0.25, -0.2) is 4.98 Å². The molecule has 0 unspecified atom stereocenters. The molecular weight excluding hydrogens is 352 g/mol. The zero-order valence-electron chi connectivity index (χ0n) is 15.5. The Balaban J connectivity index is 0.000000659. The van der Waals surface area contributed by atoms with Crippen LogP contribution in [0.2, 0.25) is 0 Å². The molecule has 3 aliphatic rings. The molecule has 1 N–H and O–H groups in total. The molecule has 1 aromatic rings. The third-order valence-electron chi connectivity index (χ3n) is 5.62. The Hall–Kier alpha value is -2.42. The summed E-state index contributed by atoms with van der Waals surface area (Å²) in [5.74, 6) is 1.23. The van der Waals surface area contributed by atoms with Crippen molar-refractivity contribution < 1.29 is 24.2 Å². The summed E-state index contributed by atoms with van der Waals surface area (Å²) in [6.07, 6.45) is 7.00. The van der Waals surface area contributed by atoms with E-state index < -0.39 is 5.72 Å². The van der Waals surface area contributed by atoms with Crippen LogP contribution in [0.5, 0.6) is 0 Å². The number of aromatic nitrogens is 2. The molecule has 0 radical (unpaired) electrons. The molecule has 4 rings (SSSR count). The van der Waals surface area contributed by atoms with E-state index in [0.29, 0.717) is 32.5 Å². The SMILES string of the molecule is CCc1nccn1CCC(=O)N1CC[C@@]23OCCCN2C(=O)C[C@@H]13.O=CO. The standard InChI is InChI=1S/C17H24N4O3.CH2O2/c1-2-14-18-6-10-19(14)8-4-15(22)20-9-5-17-13(20)12-16(23)21(17)7-3-11-24-17;2-1-3/h6,10,13H,2-5,7-9,11-12H2,1H3;1H,(H,2,3)/t13-,17+;/m1./s1. The highest BCUT2D eigenvalue weighted by Gasteiger charge is 2.61. The highest BCUT2D eigenvalue weighted by atomic mass is 16.5. The van der Waals surface area contributed by atoms with Gasteiger partial charge < -0.3 is 24.2 Å². The van der Waals surface area contributed by atoms with Gasteiger partial charge in [0, 0.05) is 51.3 Å². The number of carbonyl (C=O) groups is 3. The van der Waals surface area contributed by atoms with Crippen molar-refractivity contribution in [1.29, 1.82) is 0 Å². The Morgan fingerprint density at radius 1 is 1.48 bits per heavy atom. The molecule has 0 saturated carbocycles. The highest BCUT2D eigenvalue weighted by Crippen LogP contribution is 2.44. The summed E-state index contributed by atoms with van der Waals surface area (Å²) in [5.41, 5.74) is -0.547. The van der Waals surface area contributed by atoms with Gasteiger partial charge in [-0.3, -0.25) is 14.4 Å². The summed E-state index contributed by atoms with van der Waals surface area (Å²) in [6, 6.07) is -0.119. The molecule has 1 spiro atoms. The molecule has 4 heterocycles. The van der Waals surface area contributed by atoms with Crippen molar-refractivity contribution >= 4 is 18.3 Å². The number of ether oxygens (including phenoxy) is 1. The van der Waals surface area contributed by atoms with E-state index in [1.807, 2.05) is 20.6 Å². The van der Waals surface area contributed by atoms with Gasteiger partial charge in [0.25, 0.3) is 6.47 Å². The minimum Gasteiger partial charge on any atom is -0.483 e. The molecule has 0 aliphatic carbocycles. The molecule has 3 fully saturated rings. The second-order valence-corrected chi connectivity index (χ2v) is 6.90. The molecule has 9 nitrogen and oxygen atoms in total. The van der Waals surface area contributed by atoms with Gasteiger partial charge in [0.2, 0.25) is 11.8 Å². The maximum Gasteiger partial charge on any atom is 0.290 e. The van der Waals surface area contributed by atoms with E-state index in [2.05, 4.69) is 11.9 Å².